The number of piperazine rings is 1. The summed E-state index contributed by atoms with van der Waals surface area (Å²) in [7, 11) is -1.28. The summed E-state index contributed by atoms with van der Waals surface area (Å²) in [5.74, 6) is 0.295. The third-order valence-corrected chi connectivity index (χ3v) is 6.02. The van der Waals surface area contributed by atoms with Crippen LogP contribution in [0, 0.1) is 5.92 Å². The average molecular weight is 349 g/mol. The lowest BCUT2D eigenvalue weighted by Crippen LogP contribution is -2.53. The van der Waals surface area contributed by atoms with E-state index in [2.05, 4.69) is 28.5 Å². The molecule has 2 heterocycles. The molecule has 2 fully saturated rings. The highest BCUT2D eigenvalue weighted by Gasteiger charge is 2.31. The maximum atomic E-state index is 12.5. The van der Waals surface area contributed by atoms with Gasteiger partial charge in [0, 0.05) is 52.4 Å². The van der Waals surface area contributed by atoms with Crippen LogP contribution in [0.4, 0.5) is 0 Å². The van der Waals surface area contributed by atoms with Gasteiger partial charge < -0.3 is 14.5 Å². The number of nitrogens with zero attached hydrogens (tertiary/aromatic N) is 3. The number of nitrogens with one attached hydrogen (secondary N) is 1. The van der Waals surface area contributed by atoms with E-state index in [-0.39, 0.29) is 12.2 Å². The van der Waals surface area contributed by atoms with Crippen molar-refractivity contribution in [2.24, 2.45) is 5.92 Å². The van der Waals surface area contributed by atoms with Gasteiger partial charge in [0.05, 0.1) is 12.2 Å². The number of ether oxygens (including phenoxy) is 1. The van der Waals surface area contributed by atoms with Crippen molar-refractivity contribution < 1.29 is 13.2 Å². The molecule has 0 aromatic carbocycles. The van der Waals surface area contributed by atoms with Crippen LogP contribution < -0.4 is 4.72 Å². The van der Waals surface area contributed by atoms with Gasteiger partial charge in [-0.3, -0.25) is 0 Å². The Bertz CT molecular complexity index is 455. The van der Waals surface area contributed by atoms with Gasteiger partial charge in [0.25, 0.3) is 10.2 Å². The number of likely N-dealkylation sites (N-methyl/N-ethyl adjacent to an activating group) is 1. The van der Waals surface area contributed by atoms with Gasteiger partial charge in [-0.05, 0) is 26.8 Å². The molecule has 3 unspecified atom stereocenters. The van der Waals surface area contributed by atoms with Crippen molar-refractivity contribution in [3.05, 3.63) is 0 Å². The first-order valence-electron chi connectivity index (χ1n) is 8.57. The Kier molecular flexibility index (Phi) is 6.82. The summed E-state index contributed by atoms with van der Waals surface area (Å²) in [4.78, 5) is 4.74. The molecule has 0 aromatic heterocycles. The molecule has 2 aliphatic rings. The van der Waals surface area contributed by atoms with Gasteiger partial charge in [0.1, 0.15) is 0 Å². The molecule has 0 aliphatic carbocycles. The summed E-state index contributed by atoms with van der Waals surface area (Å²) in [5.41, 5.74) is 0. The minimum Gasteiger partial charge on any atom is -0.373 e. The second kappa shape index (κ2) is 8.22. The summed E-state index contributed by atoms with van der Waals surface area (Å²) >= 11 is 0. The van der Waals surface area contributed by atoms with E-state index in [1.165, 1.54) is 4.31 Å². The van der Waals surface area contributed by atoms with Crippen LogP contribution in [-0.2, 0) is 14.9 Å². The van der Waals surface area contributed by atoms with Crippen molar-refractivity contribution in [2.45, 2.75) is 33.0 Å². The molecule has 0 amide bonds. The zero-order valence-corrected chi connectivity index (χ0v) is 15.7. The lowest BCUT2D eigenvalue weighted by molar-refractivity contribution is -0.0444. The quantitative estimate of drug-likeness (QED) is 0.721. The molecule has 0 aromatic rings. The molecular weight excluding hydrogens is 316 g/mol. The Morgan fingerprint density at radius 2 is 1.70 bits per heavy atom. The van der Waals surface area contributed by atoms with Crippen molar-refractivity contribution in [1.82, 2.24) is 18.8 Å². The molecule has 0 saturated carbocycles. The first-order chi connectivity index (χ1) is 10.8. The largest absolute Gasteiger partial charge is 0.373 e. The molecule has 2 saturated heterocycles. The molecule has 7 nitrogen and oxygen atoms in total. The van der Waals surface area contributed by atoms with Gasteiger partial charge >= 0.3 is 0 Å². The minimum absolute atomic E-state index is 0.0573. The highest BCUT2D eigenvalue weighted by molar-refractivity contribution is 7.87. The van der Waals surface area contributed by atoms with Crippen LogP contribution in [0.2, 0.25) is 0 Å². The minimum atomic E-state index is -3.42. The summed E-state index contributed by atoms with van der Waals surface area (Å²) in [6, 6.07) is 0. The van der Waals surface area contributed by atoms with Crippen LogP contribution in [0.5, 0.6) is 0 Å². The van der Waals surface area contributed by atoms with E-state index in [1.54, 1.807) is 0 Å². The molecule has 2 rings (SSSR count). The zero-order chi connectivity index (χ0) is 17.0. The second-order valence-corrected chi connectivity index (χ2v) is 8.89. The van der Waals surface area contributed by atoms with Crippen LogP contribution in [-0.4, -0.2) is 94.1 Å². The Morgan fingerprint density at radius 1 is 1.13 bits per heavy atom. The van der Waals surface area contributed by atoms with Crippen molar-refractivity contribution >= 4 is 10.2 Å². The fourth-order valence-corrected chi connectivity index (χ4v) is 4.69. The van der Waals surface area contributed by atoms with E-state index in [9.17, 15) is 8.42 Å². The molecule has 8 heteroatoms. The molecule has 0 spiro atoms. The van der Waals surface area contributed by atoms with Crippen LogP contribution in [0.3, 0.4) is 0 Å². The summed E-state index contributed by atoms with van der Waals surface area (Å²) < 4.78 is 34.8. The normalized spacial score (nSPS) is 30.4. The van der Waals surface area contributed by atoms with Crippen LogP contribution in [0.1, 0.15) is 20.8 Å². The molecule has 0 radical (unpaired) electrons. The smallest absolute Gasteiger partial charge is 0.279 e. The molecule has 3 atom stereocenters. The monoisotopic (exact) mass is 348 g/mol. The third kappa shape index (κ3) is 5.95. The molecule has 1 N–H and O–H groups in total. The highest BCUT2D eigenvalue weighted by Crippen LogP contribution is 2.14. The van der Waals surface area contributed by atoms with E-state index in [0.29, 0.717) is 25.6 Å². The Labute approximate surface area is 141 Å². The molecule has 136 valence electrons. The number of hydrogen-bond acceptors (Lipinski definition) is 5. The number of morpholine rings is 1. The second-order valence-electron chi connectivity index (χ2n) is 7.14. The Balaban J connectivity index is 1.77. The fourth-order valence-electron chi connectivity index (χ4n) is 3.20. The van der Waals surface area contributed by atoms with Crippen molar-refractivity contribution in [3.63, 3.8) is 0 Å². The molecule has 2 aliphatic heterocycles. The van der Waals surface area contributed by atoms with Crippen LogP contribution >= 0.6 is 0 Å². The molecule has 23 heavy (non-hydrogen) atoms. The first-order valence-corrected chi connectivity index (χ1v) is 10.0. The average Bonchev–Trinajstić information content (AvgIpc) is 2.47. The van der Waals surface area contributed by atoms with E-state index in [4.69, 9.17) is 4.74 Å². The Hall–Kier alpha value is -0.250. The number of rotatable bonds is 6. The van der Waals surface area contributed by atoms with Crippen LogP contribution in [0.25, 0.3) is 0 Å². The lowest BCUT2D eigenvalue weighted by Gasteiger charge is -2.35. The summed E-state index contributed by atoms with van der Waals surface area (Å²) in [5, 5.41) is 0. The Morgan fingerprint density at radius 3 is 2.26 bits per heavy atom. The third-order valence-electron chi connectivity index (χ3n) is 4.51. The first kappa shape index (κ1) is 19.1. The molecular formula is C15H32N4O3S. The maximum Gasteiger partial charge on any atom is 0.279 e. The molecule has 0 bridgehead atoms. The van der Waals surface area contributed by atoms with E-state index in [0.717, 1.165) is 32.7 Å². The predicted molar refractivity (Wildman–Crippen MR) is 91.6 cm³/mol. The van der Waals surface area contributed by atoms with Gasteiger partial charge in [0.15, 0.2) is 0 Å². The van der Waals surface area contributed by atoms with E-state index >= 15 is 0 Å². The van der Waals surface area contributed by atoms with Gasteiger partial charge in [0.2, 0.25) is 0 Å². The SMILES string of the molecule is CC(CNS(=O)(=O)N1CC(C)OC(C)C1)CN1CCN(C)CC1. The van der Waals surface area contributed by atoms with Crippen LogP contribution in [0.15, 0.2) is 0 Å². The van der Waals surface area contributed by atoms with Gasteiger partial charge in [-0.15, -0.1) is 0 Å². The van der Waals surface area contributed by atoms with Gasteiger partial charge in [-0.25, -0.2) is 4.72 Å². The lowest BCUT2D eigenvalue weighted by atomic mass is 10.1. The van der Waals surface area contributed by atoms with E-state index in [1.807, 2.05) is 13.8 Å². The maximum absolute atomic E-state index is 12.5. The van der Waals surface area contributed by atoms with E-state index < -0.39 is 10.2 Å². The van der Waals surface area contributed by atoms with Crippen molar-refractivity contribution in [1.29, 1.82) is 0 Å². The van der Waals surface area contributed by atoms with Gasteiger partial charge in [-0.1, -0.05) is 6.92 Å². The van der Waals surface area contributed by atoms with Gasteiger partial charge in [-0.2, -0.15) is 12.7 Å². The summed E-state index contributed by atoms with van der Waals surface area (Å²) in [6.45, 7) is 12.5. The standard InChI is InChI=1S/C15H32N4O3S/c1-13(10-18-7-5-17(4)6-8-18)9-16-23(20,21)19-11-14(2)22-15(3)12-19/h13-16H,5-12H2,1-4H3. The fraction of sp³-hybridized carbons (Fsp3) is 1.00. The zero-order valence-electron chi connectivity index (χ0n) is 14.9. The topological polar surface area (TPSA) is 65.1 Å². The highest BCUT2D eigenvalue weighted by atomic mass is 32.2. The van der Waals surface area contributed by atoms with Crippen molar-refractivity contribution in [2.75, 3.05) is 59.4 Å². The summed E-state index contributed by atoms with van der Waals surface area (Å²) in [6.07, 6.45) is -0.115. The number of hydrogen-bond donors (Lipinski definition) is 1. The predicted octanol–water partition coefficient (Wildman–Crippen LogP) is -0.186. The van der Waals surface area contributed by atoms with Crippen molar-refractivity contribution in [3.8, 4) is 0 Å².